The van der Waals surface area contributed by atoms with Gasteiger partial charge < -0.3 is 9.73 Å². The second-order valence-corrected chi connectivity index (χ2v) is 5.16. The van der Waals surface area contributed by atoms with Crippen LogP contribution in [0.5, 0.6) is 0 Å². The molecule has 5 nitrogen and oxygen atoms in total. The van der Waals surface area contributed by atoms with Gasteiger partial charge in [0.25, 0.3) is 0 Å². The third-order valence-electron chi connectivity index (χ3n) is 3.42. The van der Waals surface area contributed by atoms with E-state index in [9.17, 15) is 4.79 Å². The first-order valence-electron chi connectivity index (χ1n) is 7.35. The van der Waals surface area contributed by atoms with Gasteiger partial charge in [-0.05, 0) is 29.8 Å². The van der Waals surface area contributed by atoms with Gasteiger partial charge in [0.15, 0.2) is 11.5 Å². The highest BCUT2D eigenvalue weighted by Gasteiger charge is 2.08. The number of carbonyl (C=O) groups excluding carboxylic acids is 1. The number of aryl methyl sites for hydroxylation is 1. The van der Waals surface area contributed by atoms with Crippen molar-refractivity contribution in [3.05, 3.63) is 60.0 Å². The van der Waals surface area contributed by atoms with Crippen LogP contribution in [0.15, 0.2) is 52.9 Å². The summed E-state index contributed by atoms with van der Waals surface area (Å²) >= 11 is 0. The Balaban J connectivity index is 1.55. The fourth-order valence-electron chi connectivity index (χ4n) is 2.27. The van der Waals surface area contributed by atoms with Crippen molar-refractivity contribution in [2.75, 3.05) is 5.32 Å². The van der Waals surface area contributed by atoms with Crippen molar-refractivity contribution in [3.63, 3.8) is 0 Å². The molecule has 0 fully saturated rings. The smallest absolute Gasteiger partial charge is 0.224 e. The van der Waals surface area contributed by atoms with E-state index in [1.807, 2.05) is 36.4 Å². The minimum absolute atomic E-state index is 0.0970. The number of oxazole rings is 1. The summed E-state index contributed by atoms with van der Waals surface area (Å²) in [6.45, 7) is 0. The summed E-state index contributed by atoms with van der Waals surface area (Å²) in [5.41, 5.74) is 3.18. The Bertz CT molecular complexity index is 827. The topological polar surface area (TPSA) is 78.9 Å². The molecule has 0 aliphatic rings. The molecule has 1 N–H and O–H groups in total. The van der Waals surface area contributed by atoms with Crippen molar-refractivity contribution in [2.45, 2.75) is 19.3 Å². The molecule has 1 amide bonds. The number of hydrogen-bond acceptors (Lipinski definition) is 4. The zero-order valence-corrected chi connectivity index (χ0v) is 12.5. The Morgan fingerprint density at radius 3 is 2.70 bits per heavy atom. The third kappa shape index (κ3) is 3.74. The van der Waals surface area contributed by atoms with E-state index in [-0.39, 0.29) is 5.91 Å². The van der Waals surface area contributed by atoms with Crippen LogP contribution in [0.3, 0.4) is 0 Å². The van der Waals surface area contributed by atoms with Crippen LogP contribution in [0, 0.1) is 11.3 Å². The van der Waals surface area contributed by atoms with Crippen LogP contribution in [0.1, 0.15) is 17.9 Å². The van der Waals surface area contributed by atoms with Gasteiger partial charge in [-0.15, -0.1) is 0 Å². The lowest BCUT2D eigenvalue weighted by Gasteiger charge is -2.04. The highest BCUT2D eigenvalue weighted by atomic mass is 16.3. The number of fused-ring (bicyclic) bond motifs is 1. The number of rotatable bonds is 5. The number of para-hydroxylation sites is 2. The van der Waals surface area contributed by atoms with Gasteiger partial charge in [0.1, 0.15) is 5.52 Å². The number of carbonyl (C=O) groups is 1. The van der Waals surface area contributed by atoms with E-state index in [1.165, 1.54) is 0 Å². The number of aromatic nitrogens is 1. The number of hydrogen-bond donors (Lipinski definition) is 1. The average molecular weight is 305 g/mol. The lowest BCUT2D eigenvalue weighted by atomic mass is 10.1. The van der Waals surface area contributed by atoms with E-state index >= 15 is 0 Å². The highest BCUT2D eigenvalue weighted by Crippen LogP contribution is 2.16. The molecule has 0 aliphatic heterocycles. The van der Waals surface area contributed by atoms with Gasteiger partial charge in [-0.25, -0.2) is 4.98 Å². The molecule has 0 unspecified atom stereocenters. The monoisotopic (exact) mass is 305 g/mol. The zero-order chi connectivity index (χ0) is 16.1. The summed E-state index contributed by atoms with van der Waals surface area (Å²) in [7, 11) is 0. The molecule has 1 heterocycles. The Labute approximate surface area is 133 Å². The standard InChI is InChI=1S/C18H15N3O2/c19-12-11-13-5-7-14(8-6-13)20-17(22)9-10-18-21-15-3-1-2-4-16(15)23-18/h1-8H,9-11H2,(H,20,22). The lowest BCUT2D eigenvalue weighted by Crippen LogP contribution is -2.12. The molecule has 2 aromatic carbocycles. The van der Waals surface area contributed by atoms with E-state index in [0.29, 0.717) is 30.8 Å². The number of nitrogens with one attached hydrogen (secondary N) is 1. The molecular weight excluding hydrogens is 290 g/mol. The van der Waals surface area contributed by atoms with Crippen LogP contribution in [0.2, 0.25) is 0 Å². The molecule has 1 aromatic heterocycles. The van der Waals surface area contributed by atoms with Gasteiger partial charge in [0, 0.05) is 18.5 Å². The second kappa shape index (κ2) is 6.75. The first-order chi connectivity index (χ1) is 11.2. The van der Waals surface area contributed by atoms with Crippen molar-refractivity contribution in [3.8, 4) is 6.07 Å². The number of amides is 1. The summed E-state index contributed by atoms with van der Waals surface area (Å²) in [6, 6.07) is 16.9. The SMILES string of the molecule is N#CCc1ccc(NC(=O)CCc2nc3ccccc3o2)cc1. The molecule has 23 heavy (non-hydrogen) atoms. The largest absolute Gasteiger partial charge is 0.441 e. The van der Waals surface area contributed by atoms with Gasteiger partial charge in [0.05, 0.1) is 12.5 Å². The molecule has 0 spiro atoms. The first kappa shape index (κ1) is 14.8. The Morgan fingerprint density at radius 1 is 1.17 bits per heavy atom. The van der Waals surface area contributed by atoms with Crippen molar-refractivity contribution in [1.29, 1.82) is 5.26 Å². The molecule has 0 saturated heterocycles. The normalized spacial score (nSPS) is 10.4. The van der Waals surface area contributed by atoms with E-state index < -0.39 is 0 Å². The number of anilines is 1. The van der Waals surface area contributed by atoms with Gasteiger partial charge in [-0.2, -0.15) is 5.26 Å². The van der Waals surface area contributed by atoms with Gasteiger partial charge >= 0.3 is 0 Å². The molecule has 0 atom stereocenters. The Hall–Kier alpha value is -3.13. The van der Waals surface area contributed by atoms with Crippen molar-refractivity contribution < 1.29 is 9.21 Å². The summed E-state index contributed by atoms with van der Waals surface area (Å²) in [5, 5.41) is 11.5. The van der Waals surface area contributed by atoms with E-state index in [1.54, 1.807) is 12.1 Å². The maximum absolute atomic E-state index is 12.0. The van der Waals surface area contributed by atoms with Gasteiger partial charge in [-0.3, -0.25) is 4.79 Å². The predicted octanol–water partition coefficient (Wildman–Crippen LogP) is 3.47. The average Bonchev–Trinajstić information content (AvgIpc) is 2.98. The molecule has 5 heteroatoms. The van der Waals surface area contributed by atoms with Crippen LogP contribution in [-0.2, 0) is 17.6 Å². The minimum atomic E-state index is -0.0970. The molecule has 0 aliphatic carbocycles. The van der Waals surface area contributed by atoms with Crippen molar-refractivity contribution >= 4 is 22.7 Å². The quantitative estimate of drug-likeness (QED) is 0.783. The summed E-state index contributed by atoms with van der Waals surface area (Å²) in [5.74, 6) is 0.464. The number of nitriles is 1. The third-order valence-corrected chi connectivity index (χ3v) is 3.42. The van der Waals surface area contributed by atoms with Crippen molar-refractivity contribution in [1.82, 2.24) is 4.98 Å². The zero-order valence-electron chi connectivity index (χ0n) is 12.5. The Morgan fingerprint density at radius 2 is 1.96 bits per heavy atom. The van der Waals surface area contributed by atoms with Crippen LogP contribution in [0.4, 0.5) is 5.69 Å². The molecule has 0 radical (unpaired) electrons. The minimum Gasteiger partial charge on any atom is -0.441 e. The molecule has 3 aromatic rings. The van der Waals surface area contributed by atoms with Crippen LogP contribution in [-0.4, -0.2) is 10.9 Å². The van der Waals surface area contributed by atoms with Crippen molar-refractivity contribution in [2.24, 2.45) is 0 Å². The number of benzene rings is 2. The molecular formula is C18H15N3O2. The fraction of sp³-hybridized carbons (Fsp3) is 0.167. The second-order valence-electron chi connectivity index (χ2n) is 5.16. The van der Waals surface area contributed by atoms with Crippen LogP contribution < -0.4 is 5.32 Å². The van der Waals surface area contributed by atoms with E-state index in [2.05, 4.69) is 16.4 Å². The van der Waals surface area contributed by atoms with Crippen LogP contribution in [0.25, 0.3) is 11.1 Å². The summed E-state index contributed by atoms with van der Waals surface area (Å²) in [6.07, 6.45) is 1.12. The first-order valence-corrected chi connectivity index (χ1v) is 7.35. The Kier molecular flexibility index (Phi) is 4.34. The fourth-order valence-corrected chi connectivity index (χ4v) is 2.27. The molecule has 114 valence electrons. The maximum Gasteiger partial charge on any atom is 0.224 e. The molecule has 0 bridgehead atoms. The van der Waals surface area contributed by atoms with Gasteiger partial charge in [0.2, 0.25) is 5.91 Å². The lowest BCUT2D eigenvalue weighted by molar-refractivity contribution is -0.116. The van der Waals surface area contributed by atoms with E-state index in [4.69, 9.17) is 9.68 Å². The molecule has 3 rings (SSSR count). The maximum atomic E-state index is 12.0. The number of nitrogens with zero attached hydrogens (tertiary/aromatic N) is 2. The van der Waals surface area contributed by atoms with Gasteiger partial charge in [-0.1, -0.05) is 24.3 Å². The predicted molar refractivity (Wildman–Crippen MR) is 86.7 cm³/mol. The van der Waals surface area contributed by atoms with E-state index in [0.717, 1.165) is 16.7 Å². The van der Waals surface area contributed by atoms with Crippen LogP contribution >= 0.6 is 0 Å². The summed E-state index contributed by atoms with van der Waals surface area (Å²) in [4.78, 5) is 16.3. The molecule has 0 saturated carbocycles. The summed E-state index contributed by atoms with van der Waals surface area (Å²) < 4.78 is 5.59. The highest BCUT2D eigenvalue weighted by molar-refractivity contribution is 5.90.